The second-order valence-corrected chi connectivity index (χ2v) is 11.9. The van der Waals surface area contributed by atoms with Gasteiger partial charge >= 0.3 is 24.3 Å². The SMILES string of the molecule is CCNC(=O)Nc1cc(-c2nc(C(F)(F)F)cs2)c(-c2ccc3c(c2)c(=O)c(C(=O)OCC)cn3CCNC(=O)OC(C)(C)C)cn1. The van der Waals surface area contributed by atoms with Gasteiger partial charge in [0.05, 0.1) is 12.1 Å². The Labute approximate surface area is 271 Å². The summed E-state index contributed by atoms with van der Waals surface area (Å²) in [6, 6.07) is 5.58. The molecule has 47 heavy (non-hydrogen) atoms. The lowest BCUT2D eigenvalue weighted by molar-refractivity contribution is -0.140. The van der Waals surface area contributed by atoms with E-state index in [1.807, 2.05) is 0 Å². The fourth-order valence-electron chi connectivity index (χ4n) is 4.48. The van der Waals surface area contributed by atoms with Crippen LogP contribution in [0.25, 0.3) is 32.6 Å². The number of hydrogen-bond acceptors (Lipinski definition) is 9. The van der Waals surface area contributed by atoms with Gasteiger partial charge in [-0.05, 0) is 58.4 Å². The first-order chi connectivity index (χ1) is 22.1. The number of pyridine rings is 2. The van der Waals surface area contributed by atoms with Crippen molar-refractivity contribution in [3.8, 4) is 21.7 Å². The van der Waals surface area contributed by atoms with Crippen LogP contribution >= 0.6 is 11.3 Å². The first kappa shape index (κ1) is 34.9. The minimum atomic E-state index is -4.68. The Hall–Kier alpha value is -4.99. The number of alkyl carbamates (subject to hydrolysis) is 1. The molecule has 3 N–H and O–H groups in total. The number of aromatic nitrogens is 3. The number of nitrogens with one attached hydrogen (secondary N) is 3. The summed E-state index contributed by atoms with van der Waals surface area (Å²) in [5, 5.41) is 8.72. The van der Waals surface area contributed by atoms with E-state index in [-0.39, 0.29) is 47.0 Å². The molecule has 0 saturated carbocycles. The maximum atomic E-state index is 13.6. The minimum absolute atomic E-state index is 0.000302. The van der Waals surface area contributed by atoms with Crippen LogP contribution in [-0.4, -0.2) is 57.9 Å². The maximum Gasteiger partial charge on any atom is 0.434 e. The molecule has 0 aliphatic rings. The van der Waals surface area contributed by atoms with Crippen molar-refractivity contribution in [3.05, 3.63) is 63.5 Å². The Morgan fingerprint density at radius 2 is 1.79 bits per heavy atom. The zero-order valence-corrected chi connectivity index (χ0v) is 27.0. The van der Waals surface area contributed by atoms with Gasteiger partial charge in [0, 0.05) is 53.9 Å². The number of nitrogens with zero attached hydrogens (tertiary/aromatic N) is 3. The van der Waals surface area contributed by atoms with Crippen LogP contribution in [0, 0.1) is 0 Å². The van der Waals surface area contributed by atoms with Crippen LogP contribution in [0.4, 0.5) is 28.6 Å². The molecule has 0 aliphatic heterocycles. The third-order valence-corrected chi connectivity index (χ3v) is 7.29. The number of ether oxygens (including phenoxy) is 2. The average Bonchev–Trinajstić information content (AvgIpc) is 3.49. The second kappa shape index (κ2) is 14.2. The van der Waals surface area contributed by atoms with E-state index in [0.29, 0.717) is 23.2 Å². The number of urea groups is 1. The molecule has 0 spiro atoms. The van der Waals surface area contributed by atoms with E-state index in [2.05, 4.69) is 25.9 Å². The zero-order valence-electron chi connectivity index (χ0n) is 26.2. The van der Waals surface area contributed by atoms with Gasteiger partial charge in [-0.15, -0.1) is 11.3 Å². The molecular formula is C31H33F3N6O6S. The minimum Gasteiger partial charge on any atom is -0.462 e. The molecule has 0 radical (unpaired) electrons. The molecule has 0 aliphatic carbocycles. The number of fused-ring (bicyclic) bond motifs is 1. The molecule has 12 nitrogen and oxygen atoms in total. The lowest BCUT2D eigenvalue weighted by atomic mass is 9.99. The number of benzene rings is 1. The van der Waals surface area contributed by atoms with Crippen LogP contribution in [0.1, 0.15) is 50.7 Å². The molecule has 0 unspecified atom stereocenters. The highest BCUT2D eigenvalue weighted by Crippen LogP contribution is 2.39. The van der Waals surface area contributed by atoms with Gasteiger partial charge in [-0.25, -0.2) is 24.4 Å². The third kappa shape index (κ3) is 8.64. The average molecular weight is 675 g/mol. The summed E-state index contributed by atoms with van der Waals surface area (Å²) in [7, 11) is 0. The molecule has 250 valence electrons. The van der Waals surface area contributed by atoms with E-state index >= 15 is 0 Å². The van der Waals surface area contributed by atoms with Gasteiger partial charge in [0.1, 0.15) is 22.0 Å². The second-order valence-electron chi connectivity index (χ2n) is 11.1. The molecule has 3 amide bonds. The first-order valence-corrected chi connectivity index (χ1v) is 15.4. The molecule has 3 aromatic heterocycles. The molecule has 0 saturated heterocycles. The van der Waals surface area contributed by atoms with E-state index in [4.69, 9.17) is 9.47 Å². The quantitative estimate of drug-likeness (QED) is 0.182. The van der Waals surface area contributed by atoms with Crippen molar-refractivity contribution < 1.29 is 37.0 Å². The van der Waals surface area contributed by atoms with Gasteiger partial charge in [0.15, 0.2) is 5.69 Å². The van der Waals surface area contributed by atoms with E-state index in [9.17, 15) is 32.3 Å². The number of thiazole rings is 1. The number of anilines is 1. The van der Waals surface area contributed by atoms with Gasteiger partial charge in [0.25, 0.3) is 0 Å². The number of carbonyl (C=O) groups is 3. The lowest BCUT2D eigenvalue weighted by Gasteiger charge is -2.20. The summed E-state index contributed by atoms with van der Waals surface area (Å²) in [6.07, 6.45) is -2.62. The molecule has 3 heterocycles. The highest BCUT2D eigenvalue weighted by atomic mass is 32.1. The van der Waals surface area contributed by atoms with Crippen molar-refractivity contribution in [2.45, 2.75) is 52.9 Å². The number of rotatable bonds is 9. The summed E-state index contributed by atoms with van der Waals surface area (Å²) in [5.74, 6) is -0.784. The van der Waals surface area contributed by atoms with E-state index in [1.165, 1.54) is 24.5 Å². The molecule has 0 atom stereocenters. The zero-order chi connectivity index (χ0) is 34.5. The molecule has 16 heteroatoms. The van der Waals surface area contributed by atoms with Crippen LogP contribution < -0.4 is 21.4 Å². The lowest BCUT2D eigenvalue weighted by Crippen LogP contribution is -2.34. The third-order valence-electron chi connectivity index (χ3n) is 6.42. The summed E-state index contributed by atoms with van der Waals surface area (Å²) in [6.45, 7) is 9.09. The summed E-state index contributed by atoms with van der Waals surface area (Å²) >= 11 is 0.753. The Bertz CT molecular complexity index is 1870. The highest BCUT2D eigenvalue weighted by molar-refractivity contribution is 7.13. The first-order valence-electron chi connectivity index (χ1n) is 14.5. The normalized spacial score (nSPS) is 11.7. The van der Waals surface area contributed by atoms with Gasteiger partial charge in [-0.3, -0.25) is 10.1 Å². The number of halogens is 3. The van der Waals surface area contributed by atoms with E-state index in [1.54, 1.807) is 51.3 Å². The topological polar surface area (TPSA) is 154 Å². The van der Waals surface area contributed by atoms with Crippen molar-refractivity contribution >= 4 is 46.2 Å². The summed E-state index contributed by atoms with van der Waals surface area (Å²) < 4.78 is 52.4. The number of esters is 1. The number of amides is 3. The van der Waals surface area contributed by atoms with Crippen molar-refractivity contribution in [1.29, 1.82) is 0 Å². The predicted molar refractivity (Wildman–Crippen MR) is 170 cm³/mol. The number of alkyl halides is 3. The Balaban J connectivity index is 1.83. The van der Waals surface area contributed by atoms with Crippen molar-refractivity contribution in [1.82, 2.24) is 25.2 Å². The largest absolute Gasteiger partial charge is 0.462 e. The molecular weight excluding hydrogens is 641 g/mol. The summed E-state index contributed by atoms with van der Waals surface area (Å²) in [5.41, 5.74) is -1.35. The molecule has 1 aromatic carbocycles. The Morgan fingerprint density at radius 1 is 1.04 bits per heavy atom. The fourth-order valence-corrected chi connectivity index (χ4v) is 5.33. The molecule has 4 aromatic rings. The standard InChI is InChI=1S/C31H33F3N6O6S/c1-6-35-28(43)39-24-13-18(26-38-23(16-47-26)31(32,33)34)20(14-37-24)17-8-9-22-19(12-17)25(41)21(27(42)45-7-2)15-40(22)11-10-36-29(44)46-30(3,4)5/h8-9,12-16H,6-7,10-11H2,1-5H3,(H,36,44)(H2,35,37,39,43). The van der Waals surface area contributed by atoms with Crippen LogP contribution in [-0.2, 0) is 22.2 Å². The number of hydrogen-bond donors (Lipinski definition) is 3. The highest BCUT2D eigenvalue weighted by Gasteiger charge is 2.34. The van der Waals surface area contributed by atoms with Crippen LogP contribution in [0.3, 0.4) is 0 Å². The van der Waals surface area contributed by atoms with Crippen molar-refractivity contribution in [3.63, 3.8) is 0 Å². The Kier molecular flexibility index (Phi) is 10.5. The Morgan fingerprint density at radius 3 is 2.43 bits per heavy atom. The smallest absolute Gasteiger partial charge is 0.434 e. The van der Waals surface area contributed by atoms with Gasteiger partial charge in [-0.1, -0.05) is 6.07 Å². The molecule has 4 rings (SSSR count). The van der Waals surface area contributed by atoms with Gasteiger partial charge < -0.3 is 24.7 Å². The predicted octanol–water partition coefficient (Wildman–Crippen LogP) is 6.05. The van der Waals surface area contributed by atoms with E-state index < -0.39 is 41.0 Å². The van der Waals surface area contributed by atoms with Crippen molar-refractivity contribution in [2.75, 3.05) is 25.0 Å². The van der Waals surface area contributed by atoms with Crippen LogP contribution in [0.15, 0.2) is 46.8 Å². The van der Waals surface area contributed by atoms with Crippen LogP contribution in [0.2, 0.25) is 0 Å². The number of carbonyl (C=O) groups excluding carboxylic acids is 3. The molecule has 0 fully saturated rings. The van der Waals surface area contributed by atoms with Crippen molar-refractivity contribution in [2.24, 2.45) is 0 Å². The van der Waals surface area contributed by atoms with Gasteiger partial charge in [-0.2, -0.15) is 13.2 Å². The maximum absolute atomic E-state index is 13.6. The monoisotopic (exact) mass is 674 g/mol. The fraction of sp³-hybridized carbons (Fsp3) is 0.355. The molecule has 0 bridgehead atoms. The van der Waals surface area contributed by atoms with Gasteiger partial charge in [0.2, 0.25) is 5.43 Å². The van der Waals surface area contributed by atoms with E-state index in [0.717, 1.165) is 16.7 Å². The van der Waals surface area contributed by atoms with Crippen LogP contribution in [0.5, 0.6) is 0 Å². The summed E-state index contributed by atoms with van der Waals surface area (Å²) in [4.78, 5) is 58.8.